The van der Waals surface area contributed by atoms with Gasteiger partial charge in [-0.15, -0.1) is 0 Å². The lowest BCUT2D eigenvalue weighted by atomic mass is 9.99. The maximum absolute atomic E-state index is 6.07. The topological polar surface area (TPSA) is 73.2 Å². The Morgan fingerprint density at radius 1 is 1.03 bits per heavy atom. The molecule has 2 aliphatic heterocycles. The lowest BCUT2D eigenvalue weighted by molar-refractivity contribution is -0.0289. The van der Waals surface area contributed by atoms with Crippen LogP contribution in [0.15, 0.2) is 18.5 Å². The molecule has 7 nitrogen and oxygen atoms in total. The molecule has 1 saturated heterocycles. The second-order valence-electron chi connectivity index (χ2n) is 9.38. The van der Waals surface area contributed by atoms with Gasteiger partial charge in [-0.3, -0.25) is 10.3 Å². The minimum atomic E-state index is -0.145. The molecule has 0 aromatic carbocycles. The third-order valence-corrected chi connectivity index (χ3v) is 7.38. The van der Waals surface area contributed by atoms with E-state index in [4.69, 9.17) is 19.7 Å². The summed E-state index contributed by atoms with van der Waals surface area (Å²) in [7, 11) is 0. The van der Waals surface area contributed by atoms with E-state index in [0.29, 0.717) is 12.1 Å². The largest absolute Gasteiger partial charge is 0.381 e. The molecule has 3 fully saturated rings. The molecule has 2 aliphatic carbocycles. The van der Waals surface area contributed by atoms with Crippen molar-refractivity contribution < 1.29 is 9.57 Å². The zero-order valence-corrected chi connectivity index (χ0v) is 17.5. The van der Waals surface area contributed by atoms with Gasteiger partial charge < -0.3 is 10.1 Å². The van der Waals surface area contributed by atoms with Gasteiger partial charge in [-0.05, 0) is 44.6 Å². The second kappa shape index (κ2) is 7.54. The van der Waals surface area contributed by atoms with Crippen LogP contribution in [-0.4, -0.2) is 39.6 Å². The molecule has 0 atom stereocenters. The number of anilines is 1. The monoisotopic (exact) mass is 409 g/mol. The molecule has 7 heteroatoms. The highest BCUT2D eigenvalue weighted by Crippen LogP contribution is 2.42. The Balaban J connectivity index is 1.42. The summed E-state index contributed by atoms with van der Waals surface area (Å²) < 4.78 is 7.74. The van der Waals surface area contributed by atoms with Crippen molar-refractivity contribution in [3.8, 4) is 0 Å². The van der Waals surface area contributed by atoms with E-state index < -0.39 is 0 Å². The average Bonchev–Trinajstić information content (AvgIpc) is 3.58. The van der Waals surface area contributed by atoms with Crippen LogP contribution in [0.4, 0.5) is 5.69 Å². The van der Waals surface area contributed by atoms with Crippen molar-refractivity contribution in [3.05, 3.63) is 24.0 Å². The number of rotatable bonds is 4. The summed E-state index contributed by atoms with van der Waals surface area (Å²) in [5, 5.41) is 9.74. The summed E-state index contributed by atoms with van der Waals surface area (Å²) in [6.45, 7) is 1.63. The van der Waals surface area contributed by atoms with Gasteiger partial charge in [-0.2, -0.15) is 5.10 Å². The van der Waals surface area contributed by atoms with Crippen LogP contribution >= 0.6 is 0 Å². The van der Waals surface area contributed by atoms with Gasteiger partial charge in [0.15, 0.2) is 5.65 Å². The summed E-state index contributed by atoms with van der Waals surface area (Å²) in [6.07, 6.45) is 17.9. The zero-order chi connectivity index (χ0) is 20.0. The molecule has 160 valence electrons. The molecule has 0 unspecified atom stereocenters. The SMILES string of the molecule is C1=C(c2cnc3c(cnn3C3CCCC3)c2NC2CCOCC2)NOC12CCCC2. The number of hydrogen-bond donors (Lipinski definition) is 2. The number of nitrogens with zero attached hydrogens (tertiary/aromatic N) is 3. The predicted octanol–water partition coefficient (Wildman–Crippen LogP) is 4.33. The molecule has 0 amide bonds. The first-order valence-electron chi connectivity index (χ1n) is 11.7. The summed E-state index contributed by atoms with van der Waals surface area (Å²) in [5.74, 6) is 0. The Labute approximate surface area is 177 Å². The number of hydrogen-bond acceptors (Lipinski definition) is 6. The lowest BCUT2D eigenvalue weighted by Gasteiger charge is -2.26. The maximum Gasteiger partial charge on any atom is 0.160 e. The number of aromatic nitrogens is 3. The summed E-state index contributed by atoms with van der Waals surface area (Å²) in [6, 6.07) is 0.881. The number of pyridine rings is 1. The zero-order valence-electron chi connectivity index (χ0n) is 17.5. The van der Waals surface area contributed by atoms with Gasteiger partial charge in [-0.25, -0.2) is 9.67 Å². The van der Waals surface area contributed by atoms with E-state index >= 15 is 0 Å². The van der Waals surface area contributed by atoms with Crippen LogP contribution in [0.1, 0.15) is 75.8 Å². The molecule has 2 saturated carbocycles. The van der Waals surface area contributed by atoms with Gasteiger partial charge >= 0.3 is 0 Å². The Morgan fingerprint density at radius 2 is 1.83 bits per heavy atom. The van der Waals surface area contributed by atoms with Crippen molar-refractivity contribution >= 4 is 22.4 Å². The van der Waals surface area contributed by atoms with E-state index in [1.807, 2.05) is 12.4 Å². The molecule has 2 aromatic rings. The number of ether oxygens (including phenoxy) is 1. The Morgan fingerprint density at radius 3 is 2.63 bits per heavy atom. The van der Waals surface area contributed by atoms with Crippen molar-refractivity contribution in [1.82, 2.24) is 20.2 Å². The second-order valence-corrected chi connectivity index (χ2v) is 9.38. The molecule has 0 bridgehead atoms. The summed E-state index contributed by atoms with van der Waals surface area (Å²) in [5.41, 5.74) is 7.35. The molecular weight excluding hydrogens is 378 g/mol. The van der Waals surface area contributed by atoms with Gasteiger partial charge in [-0.1, -0.05) is 25.7 Å². The van der Waals surface area contributed by atoms with Gasteiger partial charge in [0.05, 0.1) is 29.0 Å². The van der Waals surface area contributed by atoms with Crippen molar-refractivity contribution in [1.29, 1.82) is 0 Å². The third-order valence-electron chi connectivity index (χ3n) is 7.38. The first-order chi connectivity index (χ1) is 14.8. The van der Waals surface area contributed by atoms with Gasteiger partial charge in [0.25, 0.3) is 0 Å². The highest BCUT2D eigenvalue weighted by molar-refractivity contribution is 5.96. The van der Waals surface area contributed by atoms with Gasteiger partial charge in [0, 0.05) is 31.0 Å². The summed E-state index contributed by atoms with van der Waals surface area (Å²) in [4.78, 5) is 11.0. The van der Waals surface area contributed by atoms with E-state index in [0.717, 1.165) is 66.9 Å². The van der Waals surface area contributed by atoms with Gasteiger partial charge in [0.1, 0.15) is 5.60 Å². The first-order valence-corrected chi connectivity index (χ1v) is 11.7. The third kappa shape index (κ3) is 3.19. The van der Waals surface area contributed by atoms with E-state index in [9.17, 15) is 0 Å². The molecule has 6 rings (SSSR count). The minimum Gasteiger partial charge on any atom is -0.381 e. The van der Waals surface area contributed by atoms with Crippen LogP contribution in [0, 0.1) is 0 Å². The molecule has 0 radical (unpaired) electrons. The number of nitrogens with one attached hydrogen (secondary N) is 2. The molecule has 4 heterocycles. The smallest absolute Gasteiger partial charge is 0.160 e. The fourth-order valence-corrected chi connectivity index (χ4v) is 5.65. The van der Waals surface area contributed by atoms with Crippen LogP contribution in [0.3, 0.4) is 0 Å². The average molecular weight is 410 g/mol. The lowest BCUT2D eigenvalue weighted by Crippen LogP contribution is -2.28. The minimum absolute atomic E-state index is 0.145. The van der Waals surface area contributed by atoms with E-state index in [-0.39, 0.29) is 5.60 Å². The number of hydroxylamine groups is 1. The molecule has 1 spiro atoms. The van der Waals surface area contributed by atoms with Crippen LogP contribution in [0.5, 0.6) is 0 Å². The van der Waals surface area contributed by atoms with Crippen LogP contribution in [0.2, 0.25) is 0 Å². The molecule has 2 aromatic heterocycles. The van der Waals surface area contributed by atoms with E-state index in [1.165, 1.54) is 38.5 Å². The highest BCUT2D eigenvalue weighted by Gasteiger charge is 2.39. The Bertz CT molecular complexity index is 950. The standard InChI is InChI=1S/C23H31N5O2/c1-2-6-17(5-1)28-22-19(15-25-28)21(26-16-7-11-29-12-8-16)18(14-24-22)20-13-23(30-27-20)9-3-4-10-23/h13-17,27H,1-12H2,(H,24,26). The maximum atomic E-state index is 6.07. The fourth-order valence-electron chi connectivity index (χ4n) is 5.65. The highest BCUT2D eigenvalue weighted by atomic mass is 16.7. The fraction of sp³-hybridized carbons (Fsp3) is 0.652. The Hall–Kier alpha value is -2.12. The van der Waals surface area contributed by atoms with Crippen molar-refractivity contribution in [3.63, 3.8) is 0 Å². The van der Waals surface area contributed by atoms with Crippen LogP contribution < -0.4 is 10.8 Å². The van der Waals surface area contributed by atoms with Gasteiger partial charge in [0.2, 0.25) is 0 Å². The van der Waals surface area contributed by atoms with E-state index in [1.54, 1.807) is 0 Å². The van der Waals surface area contributed by atoms with Crippen LogP contribution in [-0.2, 0) is 9.57 Å². The molecule has 2 N–H and O–H groups in total. The van der Waals surface area contributed by atoms with E-state index in [2.05, 4.69) is 21.6 Å². The quantitative estimate of drug-likeness (QED) is 0.783. The molecular formula is C23H31N5O2. The van der Waals surface area contributed by atoms with Crippen molar-refractivity contribution in [2.24, 2.45) is 0 Å². The first kappa shape index (κ1) is 18.6. The normalized spacial score (nSPS) is 24.6. The molecule has 4 aliphatic rings. The summed E-state index contributed by atoms with van der Waals surface area (Å²) >= 11 is 0. The predicted molar refractivity (Wildman–Crippen MR) is 116 cm³/mol. The Kier molecular flexibility index (Phi) is 4.68. The van der Waals surface area contributed by atoms with Crippen molar-refractivity contribution in [2.75, 3.05) is 18.5 Å². The van der Waals surface area contributed by atoms with Crippen molar-refractivity contribution in [2.45, 2.75) is 81.9 Å². The van der Waals surface area contributed by atoms with Crippen LogP contribution in [0.25, 0.3) is 16.7 Å². The molecule has 30 heavy (non-hydrogen) atoms. The number of fused-ring (bicyclic) bond motifs is 1.